The van der Waals surface area contributed by atoms with Gasteiger partial charge in [-0.15, -0.1) is 0 Å². The Morgan fingerprint density at radius 2 is 1.58 bits per heavy atom. The van der Waals surface area contributed by atoms with Gasteiger partial charge < -0.3 is 5.32 Å². The summed E-state index contributed by atoms with van der Waals surface area (Å²) in [7, 11) is -3.55. The lowest BCUT2D eigenvalue weighted by atomic mass is 10.2. The van der Waals surface area contributed by atoms with E-state index in [1.165, 1.54) is 12.1 Å². The molecule has 1 N–H and O–H groups in total. The molecule has 14 heteroatoms. The third kappa shape index (κ3) is 5.47. The van der Waals surface area contributed by atoms with Gasteiger partial charge in [0.1, 0.15) is 5.69 Å². The van der Waals surface area contributed by atoms with E-state index in [2.05, 4.69) is 10.4 Å². The van der Waals surface area contributed by atoms with Crippen LogP contribution in [-0.2, 0) is 22.2 Å². The van der Waals surface area contributed by atoms with Crippen LogP contribution in [-0.4, -0.2) is 30.4 Å². The summed E-state index contributed by atoms with van der Waals surface area (Å²) in [5, 5.41) is 5.26. The van der Waals surface area contributed by atoms with Crippen molar-refractivity contribution >= 4 is 33.0 Å². The number of amides is 1. The fourth-order valence-corrected chi connectivity index (χ4v) is 3.69. The molecule has 0 aliphatic carbocycles. The Bertz CT molecular complexity index is 1320. The van der Waals surface area contributed by atoms with E-state index in [1.807, 2.05) is 0 Å². The van der Waals surface area contributed by atoms with E-state index in [0.29, 0.717) is 0 Å². The van der Waals surface area contributed by atoms with Gasteiger partial charge in [-0.3, -0.25) is 4.79 Å². The Balaban J connectivity index is 1.87. The summed E-state index contributed by atoms with van der Waals surface area (Å²) in [6.07, 6.45) is -9.22. The van der Waals surface area contributed by atoms with E-state index >= 15 is 0 Å². The topological polar surface area (TPSA) is 81.1 Å². The summed E-state index contributed by atoms with van der Waals surface area (Å²) in [6, 6.07) is 7.72. The number of rotatable bonds is 4. The predicted molar refractivity (Wildman–Crippen MR) is 106 cm³/mol. The fourth-order valence-electron chi connectivity index (χ4n) is 2.71. The molecule has 6 nitrogen and oxygen atoms in total. The second kappa shape index (κ2) is 8.37. The number of alkyl halides is 6. The van der Waals surface area contributed by atoms with Gasteiger partial charge >= 0.3 is 12.4 Å². The Morgan fingerprint density at radius 1 is 0.970 bits per heavy atom. The minimum atomic E-state index is -5.10. The molecule has 0 saturated heterocycles. The Morgan fingerprint density at radius 3 is 2.06 bits per heavy atom. The Labute approximate surface area is 187 Å². The summed E-state index contributed by atoms with van der Waals surface area (Å²) in [6.45, 7) is 0. The van der Waals surface area contributed by atoms with Gasteiger partial charge in [-0.05, 0) is 42.5 Å². The number of benzene rings is 2. The average Bonchev–Trinajstić information content (AvgIpc) is 3.14. The fraction of sp³-hybridized carbons (Fsp3) is 0.158. The summed E-state index contributed by atoms with van der Waals surface area (Å²) < 4.78 is 101. The lowest BCUT2D eigenvalue weighted by molar-refractivity contribution is -0.143. The van der Waals surface area contributed by atoms with E-state index in [0.717, 1.165) is 36.6 Å². The first-order valence-electron chi connectivity index (χ1n) is 8.73. The number of aromatic nitrogens is 2. The van der Waals surface area contributed by atoms with Crippen molar-refractivity contribution in [1.82, 2.24) is 9.78 Å². The smallest absolute Gasteiger partial charge is 0.322 e. The maximum Gasteiger partial charge on any atom is 0.435 e. The first-order valence-corrected chi connectivity index (χ1v) is 11.0. The molecule has 0 unspecified atom stereocenters. The van der Waals surface area contributed by atoms with E-state index in [1.54, 1.807) is 0 Å². The molecule has 3 aromatic rings. The minimum Gasteiger partial charge on any atom is -0.322 e. The van der Waals surface area contributed by atoms with Gasteiger partial charge in [0.05, 0.1) is 21.2 Å². The standard InChI is InChI=1S/C19H12ClF6N3O3S/c1-33(31,32)12-6-7-13(14(20)8-12)17(30)27-10-2-4-11(5-3-10)29-16(19(24,25)26)9-15(28-29)18(21,22)23/h2-9H,1H3,(H,27,30). The zero-order valence-corrected chi connectivity index (χ0v) is 17.9. The SMILES string of the molecule is CS(=O)(=O)c1ccc(C(=O)Nc2ccc(-n3nc(C(F)(F)F)cc3C(F)(F)F)cc2)c(Cl)c1. The van der Waals surface area contributed by atoms with Gasteiger partial charge in [0.15, 0.2) is 15.5 Å². The molecule has 1 heterocycles. The minimum absolute atomic E-state index is 0.0746. The second-order valence-electron chi connectivity index (χ2n) is 6.74. The first kappa shape index (κ1) is 24.6. The predicted octanol–water partition coefficient (Wildman–Crippen LogP) is 5.22. The number of carbonyl (C=O) groups is 1. The first-order chi connectivity index (χ1) is 15.1. The van der Waals surface area contributed by atoms with Gasteiger partial charge in [-0.2, -0.15) is 31.4 Å². The van der Waals surface area contributed by atoms with Crippen LogP contribution in [0.4, 0.5) is 32.0 Å². The highest BCUT2D eigenvalue weighted by Crippen LogP contribution is 2.36. The summed E-state index contributed by atoms with van der Waals surface area (Å²) in [5.74, 6) is -0.748. The lowest BCUT2D eigenvalue weighted by Gasteiger charge is -2.11. The van der Waals surface area contributed by atoms with Crippen LogP contribution in [0.1, 0.15) is 21.7 Å². The van der Waals surface area contributed by atoms with Gasteiger partial charge in [0, 0.05) is 18.0 Å². The van der Waals surface area contributed by atoms with Crippen molar-refractivity contribution in [1.29, 1.82) is 0 Å². The molecular formula is C19H12ClF6N3O3S. The number of hydrogen-bond donors (Lipinski definition) is 1. The molecule has 0 aliphatic rings. The van der Waals surface area contributed by atoms with Crippen molar-refractivity contribution in [2.24, 2.45) is 0 Å². The monoisotopic (exact) mass is 511 g/mol. The van der Waals surface area contributed by atoms with Crippen molar-refractivity contribution in [3.05, 3.63) is 70.5 Å². The normalized spacial score (nSPS) is 12.6. The Hall–Kier alpha value is -3.06. The van der Waals surface area contributed by atoms with Crippen LogP contribution in [0.3, 0.4) is 0 Å². The molecule has 1 aromatic heterocycles. The number of nitrogens with one attached hydrogen (secondary N) is 1. The number of halogens is 7. The van der Waals surface area contributed by atoms with Gasteiger partial charge in [0.25, 0.3) is 5.91 Å². The number of carbonyl (C=O) groups excluding carboxylic acids is 1. The van der Waals surface area contributed by atoms with Crippen molar-refractivity contribution in [3.8, 4) is 5.69 Å². The molecule has 0 saturated carbocycles. The summed E-state index contributed by atoms with van der Waals surface area (Å²) in [4.78, 5) is 12.3. The van der Waals surface area contributed by atoms with Gasteiger partial charge in [0.2, 0.25) is 0 Å². The zero-order valence-electron chi connectivity index (χ0n) is 16.3. The largest absolute Gasteiger partial charge is 0.435 e. The molecule has 0 fully saturated rings. The van der Waals surface area contributed by atoms with Gasteiger partial charge in [-0.1, -0.05) is 11.6 Å². The van der Waals surface area contributed by atoms with E-state index in [-0.39, 0.29) is 37.6 Å². The quantitative estimate of drug-likeness (QED) is 0.487. The van der Waals surface area contributed by atoms with Crippen LogP contribution < -0.4 is 5.32 Å². The van der Waals surface area contributed by atoms with Crippen LogP contribution in [0, 0.1) is 0 Å². The van der Waals surface area contributed by atoms with E-state index in [9.17, 15) is 39.6 Å². The van der Waals surface area contributed by atoms with E-state index < -0.39 is 39.5 Å². The highest BCUT2D eigenvalue weighted by atomic mass is 35.5. The van der Waals surface area contributed by atoms with Crippen LogP contribution in [0.2, 0.25) is 5.02 Å². The number of sulfone groups is 1. The maximum absolute atomic E-state index is 13.2. The highest BCUT2D eigenvalue weighted by Gasteiger charge is 2.42. The number of hydrogen-bond acceptors (Lipinski definition) is 4. The molecule has 0 spiro atoms. The molecule has 176 valence electrons. The molecule has 1 amide bonds. The maximum atomic E-state index is 13.2. The number of anilines is 1. The number of nitrogens with zero attached hydrogens (tertiary/aromatic N) is 2. The van der Waals surface area contributed by atoms with E-state index in [4.69, 9.17) is 11.6 Å². The van der Waals surface area contributed by atoms with Crippen LogP contribution in [0.5, 0.6) is 0 Å². The average molecular weight is 512 g/mol. The summed E-state index contributed by atoms with van der Waals surface area (Å²) >= 11 is 5.97. The molecule has 33 heavy (non-hydrogen) atoms. The van der Waals surface area contributed by atoms with Crippen molar-refractivity contribution in [3.63, 3.8) is 0 Å². The van der Waals surface area contributed by atoms with Crippen molar-refractivity contribution in [2.75, 3.05) is 11.6 Å². The third-order valence-electron chi connectivity index (χ3n) is 4.27. The third-order valence-corrected chi connectivity index (χ3v) is 5.70. The lowest BCUT2D eigenvalue weighted by Crippen LogP contribution is -2.14. The molecule has 0 aliphatic heterocycles. The molecule has 3 rings (SSSR count). The van der Waals surface area contributed by atoms with Crippen LogP contribution >= 0.6 is 11.6 Å². The zero-order chi connectivity index (χ0) is 24.8. The van der Waals surface area contributed by atoms with Gasteiger partial charge in [-0.25, -0.2) is 13.1 Å². The van der Waals surface area contributed by atoms with Crippen molar-refractivity contribution in [2.45, 2.75) is 17.2 Å². The van der Waals surface area contributed by atoms with Crippen LogP contribution in [0.15, 0.2) is 53.4 Å². The Kier molecular flexibility index (Phi) is 6.24. The summed E-state index contributed by atoms with van der Waals surface area (Å²) in [5.41, 5.74) is -3.65. The molecule has 0 radical (unpaired) electrons. The second-order valence-corrected chi connectivity index (χ2v) is 9.16. The molecule has 0 bridgehead atoms. The van der Waals surface area contributed by atoms with Crippen molar-refractivity contribution < 1.29 is 39.6 Å². The molecule has 0 atom stereocenters. The highest BCUT2D eigenvalue weighted by molar-refractivity contribution is 7.90. The molecular weight excluding hydrogens is 500 g/mol. The molecule has 2 aromatic carbocycles. The van der Waals surface area contributed by atoms with Crippen LogP contribution in [0.25, 0.3) is 5.69 Å².